The van der Waals surface area contributed by atoms with Crippen molar-refractivity contribution in [2.75, 3.05) is 19.8 Å². The number of carbonyl (C=O) groups excluding carboxylic acids is 1. The van der Waals surface area contributed by atoms with E-state index in [1.165, 1.54) is 0 Å². The van der Waals surface area contributed by atoms with Gasteiger partial charge in [0.05, 0.1) is 6.61 Å². The van der Waals surface area contributed by atoms with Gasteiger partial charge in [0.2, 0.25) is 3.79 Å². The van der Waals surface area contributed by atoms with Crippen LogP contribution in [0.25, 0.3) is 0 Å². The SMILES string of the molecule is CCOC(=O)COC(CN)C(Cl)(Cl)Cl.Cl. The molecule has 4 nitrogen and oxygen atoms in total. The number of halogens is 4. The normalized spacial score (nSPS) is 12.9. The van der Waals surface area contributed by atoms with Crippen LogP contribution < -0.4 is 5.73 Å². The van der Waals surface area contributed by atoms with Crippen molar-refractivity contribution in [2.24, 2.45) is 5.73 Å². The molecule has 0 radical (unpaired) electrons. The summed E-state index contributed by atoms with van der Waals surface area (Å²) in [5, 5.41) is 0. The average molecular weight is 301 g/mol. The number of hydrogen-bond acceptors (Lipinski definition) is 4. The van der Waals surface area contributed by atoms with E-state index in [0.717, 1.165) is 0 Å². The fraction of sp³-hybridized carbons (Fsp3) is 0.857. The fourth-order valence-electron chi connectivity index (χ4n) is 0.667. The first-order valence-electron chi connectivity index (χ1n) is 3.95. The Labute approximate surface area is 110 Å². The summed E-state index contributed by atoms with van der Waals surface area (Å²) in [6.45, 7) is 1.70. The molecule has 1 unspecified atom stereocenters. The van der Waals surface area contributed by atoms with E-state index >= 15 is 0 Å². The van der Waals surface area contributed by atoms with E-state index in [0.29, 0.717) is 0 Å². The number of hydrogen-bond donors (Lipinski definition) is 1. The summed E-state index contributed by atoms with van der Waals surface area (Å²) in [5.41, 5.74) is 5.29. The molecule has 0 fully saturated rings. The molecule has 0 aromatic heterocycles. The van der Waals surface area contributed by atoms with Crippen LogP contribution in [0.5, 0.6) is 0 Å². The van der Waals surface area contributed by atoms with Crippen molar-refractivity contribution in [3.8, 4) is 0 Å². The Hall–Kier alpha value is 0.550. The van der Waals surface area contributed by atoms with Crippen LogP contribution in [0, 0.1) is 0 Å². The Morgan fingerprint density at radius 3 is 2.33 bits per heavy atom. The molecule has 0 spiro atoms. The maximum atomic E-state index is 10.9. The Morgan fingerprint density at radius 2 is 2.00 bits per heavy atom. The van der Waals surface area contributed by atoms with Crippen LogP contribution in [0.2, 0.25) is 0 Å². The molecule has 0 aliphatic carbocycles. The van der Waals surface area contributed by atoms with Crippen molar-refractivity contribution in [1.82, 2.24) is 0 Å². The molecule has 1 atom stereocenters. The molecule has 0 bridgehead atoms. The number of alkyl halides is 3. The summed E-state index contributed by atoms with van der Waals surface area (Å²) >= 11 is 16.6. The highest BCUT2D eigenvalue weighted by Crippen LogP contribution is 2.31. The molecule has 0 rings (SSSR count). The molecule has 0 heterocycles. The van der Waals surface area contributed by atoms with E-state index in [2.05, 4.69) is 4.74 Å². The smallest absolute Gasteiger partial charge is 0.332 e. The van der Waals surface area contributed by atoms with Gasteiger partial charge in [-0.15, -0.1) is 12.4 Å². The predicted octanol–water partition coefficient (Wildman–Crippen LogP) is 1.69. The Kier molecular flexibility index (Phi) is 10.4. The van der Waals surface area contributed by atoms with Gasteiger partial charge < -0.3 is 15.2 Å². The van der Waals surface area contributed by atoms with Crippen LogP contribution in [-0.2, 0) is 14.3 Å². The van der Waals surface area contributed by atoms with Crippen LogP contribution >= 0.6 is 47.2 Å². The van der Waals surface area contributed by atoms with Gasteiger partial charge in [-0.3, -0.25) is 0 Å². The van der Waals surface area contributed by atoms with Gasteiger partial charge in [0, 0.05) is 6.54 Å². The van der Waals surface area contributed by atoms with Crippen molar-refractivity contribution in [1.29, 1.82) is 0 Å². The molecule has 92 valence electrons. The molecule has 0 saturated heterocycles. The summed E-state index contributed by atoms with van der Waals surface area (Å²) in [4.78, 5) is 10.9. The second kappa shape index (κ2) is 8.67. The fourth-order valence-corrected chi connectivity index (χ4v) is 1.12. The van der Waals surface area contributed by atoms with E-state index < -0.39 is 15.9 Å². The van der Waals surface area contributed by atoms with E-state index in [1.54, 1.807) is 6.92 Å². The molecule has 0 saturated carbocycles. The van der Waals surface area contributed by atoms with Crippen LogP contribution in [0.1, 0.15) is 6.92 Å². The Bertz CT molecular complexity index is 186. The van der Waals surface area contributed by atoms with E-state index in [-0.39, 0.29) is 32.2 Å². The third-order valence-electron chi connectivity index (χ3n) is 1.29. The number of rotatable bonds is 5. The van der Waals surface area contributed by atoms with Gasteiger partial charge in [-0.1, -0.05) is 34.8 Å². The number of nitrogens with two attached hydrogens (primary N) is 1. The van der Waals surface area contributed by atoms with Crippen molar-refractivity contribution < 1.29 is 14.3 Å². The van der Waals surface area contributed by atoms with E-state index in [4.69, 9.17) is 45.3 Å². The lowest BCUT2D eigenvalue weighted by Crippen LogP contribution is -2.37. The monoisotopic (exact) mass is 299 g/mol. The molecule has 15 heavy (non-hydrogen) atoms. The molecule has 0 aromatic carbocycles. The highest BCUT2D eigenvalue weighted by Gasteiger charge is 2.32. The summed E-state index contributed by atoms with van der Waals surface area (Å²) in [5.74, 6) is -0.514. The summed E-state index contributed by atoms with van der Waals surface area (Å²) in [7, 11) is 0. The molecule has 0 aromatic rings. The number of esters is 1. The first kappa shape index (κ1) is 17.9. The minimum absolute atomic E-state index is 0. The van der Waals surface area contributed by atoms with Crippen molar-refractivity contribution >= 4 is 53.2 Å². The van der Waals surface area contributed by atoms with E-state index in [9.17, 15) is 4.79 Å². The standard InChI is InChI=1S/C7H12Cl3NO3.ClH/c1-2-13-6(12)4-14-5(3-11)7(8,9)10;/h5H,2-4,11H2,1H3;1H. The quantitative estimate of drug-likeness (QED) is 0.620. The Morgan fingerprint density at radius 1 is 1.47 bits per heavy atom. The van der Waals surface area contributed by atoms with Gasteiger partial charge in [-0.05, 0) is 6.92 Å². The summed E-state index contributed by atoms with van der Waals surface area (Å²) in [6.07, 6.45) is -0.822. The molecule has 2 N–H and O–H groups in total. The number of ether oxygens (including phenoxy) is 2. The van der Waals surface area contributed by atoms with Gasteiger partial charge in [-0.25, -0.2) is 4.79 Å². The van der Waals surface area contributed by atoms with Crippen molar-refractivity contribution in [3.05, 3.63) is 0 Å². The van der Waals surface area contributed by atoms with Crippen LogP contribution in [0.15, 0.2) is 0 Å². The van der Waals surface area contributed by atoms with Gasteiger partial charge in [-0.2, -0.15) is 0 Å². The van der Waals surface area contributed by atoms with Crippen molar-refractivity contribution in [2.45, 2.75) is 16.8 Å². The molecule has 0 aliphatic rings. The third kappa shape index (κ3) is 8.37. The second-order valence-corrected chi connectivity index (χ2v) is 4.75. The summed E-state index contributed by atoms with van der Waals surface area (Å²) in [6, 6.07) is 0. The first-order chi connectivity index (χ1) is 6.41. The molecular weight excluding hydrogens is 288 g/mol. The zero-order valence-corrected chi connectivity index (χ0v) is 11.1. The predicted molar refractivity (Wildman–Crippen MR) is 63.0 cm³/mol. The van der Waals surface area contributed by atoms with Gasteiger partial charge >= 0.3 is 5.97 Å². The average Bonchev–Trinajstić information content (AvgIpc) is 2.03. The topological polar surface area (TPSA) is 61.5 Å². The van der Waals surface area contributed by atoms with Gasteiger partial charge in [0.15, 0.2) is 0 Å². The molecule has 0 amide bonds. The van der Waals surface area contributed by atoms with E-state index in [1.807, 2.05) is 0 Å². The second-order valence-electron chi connectivity index (χ2n) is 2.38. The summed E-state index contributed by atoms with van der Waals surface area (Å²) < 4.78 is 7.95. The zero-order valence-electron chi connectivity index (χ0n) is 8.04. The first-order valence-corrected chi connectivity index (χ1v) is 5.09. The van der Waals surface area contributed by atoms with Gasteiger partial charge in [0.1, 0.15) is 12.7 Å². The van der Waals surface area contributed by atoms with Crippen LogP contribution in [0.3, 0.4) is 0 Å². The van der Waals surface area contributed by atoms with Crippen LogP contribution in [-0.4, -0.2) is 35.6 Å². The largest absolute Gasteiger partial charge is 0.464 e. The number of carbonyl (C=O) groups is 1. The molecule has 0 aliphatic heterocycles. The minimum Gasteiger partial charge on any atom is -0.464 e. The maximum absolute atomic E-state index is 10.9. The molecule has 8 heteroatoms. The van der Waals surface area contributed by atoms with Crippen LogP contribution in [0.4, 0.5) is 0 Å². The highest BCUT2D eigenvalue weighted by atomic mass is 35.6. The minimum atomic E-state index is -1.64. The third-order valence-corrected chi connectivity index (χ3v) is 2.02. The molecular formula is C7H13Cl4NO3. The maximum Gasteiger partial charge on any atom is 0.332 e. The van der Waals surface area contributed by atoms with Crippen molar-refractivity contribution in [3.63, 3.8) is 0 Å². The lowest BCUT2D eigenvalue weighted by Gasteiger charge is -2.22. The highest BCUT2D eigenvalue weighted by molar-refractivity contribution is 6.68. The lowest BCUT2D eigenvalue weighted by atomic mass is 10.4. The Balaban J connectivity index is 0. The lowest BCUT2D eigenvalue weighted by molar-refractivity contribution is -0.150. The zero-order chi connectivity index (χ0) is 11.2. The van der Waals surface area contributed by atoms with Gasteiger partial charge in [0.25, 0.3) is 0 Å².